The number of aryl methyl sites for hydroxylation is 1. The number of amides is 1. The van der Waals surface area contributed by atoms with Crippen molar-refractivity contribution in [1.29, 1.82) is 0 Å². The van der Waals surface area contributed by atoms with Crippen molar-refractivity contribution in [2.24, 2.45) is 0 Å². The molecule has 0 spiro atoms. The van der Waals surface area contributed by atoms with Crippen molar-refractivity contribution in [3.05, 3.63) is 64.6 Å². The second kappa shape index (κ2) is 9.08. The van der Waals surface area contributed by atoms with Crippen LogP contribution < -0.4 is 25.2 Å². The molecule has 8 nitrogen and oxygen atoms in total. The third-order valence-electron chi connectivity index (χ3n) is 6.03. The maximum atomic E-state index is 14.3. The predicted octanol–water partition coefficient (Wildman–Crippen LogP) is 4.12. The van der Waals surface area contributed by atoms with Crippen LogP contribution in [0.1, 0.15) is 22.8 Å². The van der Waals surface area contributed by atoms with E-state index in [0.717, 1.165) is 35.8 Å². The first kappa shape index (κ1) is 22.4. The van der Waals surface area contributed by atoms with Crippen molar-refractivity contribution in [3.63, 3.8) is 0 Å². The average Bonchev–Trinajstić information content (AvgIpc) is 2.81. The van der Waals surface area contributed by atoms with Gasteiger partial charge < -0.3 is 20.3 Å². The number of aromatic nitrogens is 2. The molecule has 0 saturated carbocycles. The summed E-state index contributed by atoms with van der Waals surface area (Å²) in [7, 11) is 0. The fourth-order valence-electron chi connectivity index (χ4n) is 4.31. The van der Waals surface area contributed by atoms with Crippen molar-refractivity contribution in [1.82, 2.24) is 15.3 Å². The summed E-state index contributed by atoms with van der Waals surface area (Å²) in [4.78, 5) is 25.1. The van der Waals surface area contributed by atoms with Crippen LogP contribution in [0.5, 0.6) is 5.88 Å². The Morgan fingerprint density at radius 3 is 2.91 bits per heavy atom. The molecule has 34 heavy (non-hydrogen) atoms. The molecule has 1 atom stereocenters. The second-order valence-corrected chi connectivity index (χ2v) is 8.77. The van der Waals surface area contributed by atoms with Crippen LogP contribution in [0.4, 0.5) is 27.4 Å². The zero-order valence-corrected chi connectivity index (χ0v) is 19.6. The fourth-order valence-corrected chi connectivity index (χ4v) is 4.57. The third kappa shape index (κ3) is 4.12. The number of carbonyl (C=O) groups is 1. The molecule has 0 aliphatic carbocycles. The van der Waals surface area contributed by atoms with E-state index in [1.807, 2.05) is 12.1 Å². The van der Waals surface area contributed by atoms with Crippen LogP contribution in [0.15, 0.2) is 42.6 Å². The van der Waals surface area contributed by atoms with E-state index in [9.17, 15) is 9.18 Å². The topological polar surface area (TPSA) is 82.6 Å². The normalized spacial score (nSPS) is 17.9. The minimum absolute atomic E-state index is 0.0311. The van der Waals surface area contributed by atoms with Crippen molar-refractivity contribution in [3.8, 4) is 5.88 Å². The molecule has 0 unspecified atom stereocenters. The van der Waals surface area contributed by atoms with Gasteiger partial charge in [0.2, 0.25) is 11.8 Å². The molecule has 1 fully saturated rings. The molecule has 2 N–H and O–H groups in total. The first-order valence-corrected chi connectivity index (χ1v) is 11.4. The quantitative estimate of drug-likeness (QED) is 0.579. The molecule has 176 valence electrons. The van der Waals surface area contributed by atoms with Crippen molar-refractivity contribution in [2.75, 3.05) is 41.5 Å². The molecule has 5 rings (SSSR count). The number of nitrogens with zero attached hydrogens (tertiary/aromatic N) is 4. The lowest BCUT2D eigenvalue weighted by molar-refractivity contribution is 0.0931. The maximum absolute atomic E-state index is 14.3. The molecule has 2 aliphatic rings. The highest BCUT2D eigenvalue weighted by molar-refractivity contribution is 6.34. The Kier molecular flexibility index (Phi) is 5.97. The van der Waals surface area contributed by atoms with Gasteiger partial charge in [0.15, 0.2) is 6.73 Å². The van der Waals surface area contributed by atoms with E-state index in [4.69, 9.17) is 16.3 Å². The number of piperazine rings is 1. The van der Waals surface area contributed by atoms with Gasteiger partial charge in [-0.1, -0.05) is 17.7 Å². The minimum atomic E-state index is -0.610. The average molecular weight is 483 g/mol. The van der Waals surface area contributed by atoms with E-state index in [0.29, 0.717) is 12.0 Å². The van der Waals surface area contributed by atoms with Gasteiger partial charge >= 0.3 is 0 Å². The Morgan fingerprint density at radius 2 is 2.15 bits per heavy atom. The van der Waals surface area contributed by atoms with Crippen molar-refractivity contribution < 1.29 is 13.9 Å². The maximum Gasteiger partial charge on any atom is 0.268 e. The Hall–Kier alpha value is -3.43. The summed E-state index contributed by atoms with van der Waals surface area (Å²) in [5.41, 5.74) is 3.27. The Labute approximate surface area is 201 Å². The molecule has 0 bridgehead atoms. The van der Waals surface area contributed by atoms with Crippen LogP contribution in [-0.4, -0.2) is 48.3 Å². The van der Waals surface area contributed by atoms with Gasteiger partial charge in [-0.15, -0.1) is 0 Å². The van der Waals surface area contributed by atoms with Crippen LogP contribution in [0.25, 0.3) is 0 Å². The molecule has 1 aromatic heterocycles. The summed E-state index contributed by atoms with van der Waals surface area (Å²) in [5.74, 6) is -0.660. The van der Waals surface area contributed by atoms with E-state index in [1.54, 1.807) is 0 Å². The molecular formula is C24H24ClFN6O2. The van der Waals surface area contributed by atoms with E-state index >= 15 is 0 Å². The first-order chi connectivity index (χ1) is 16.4. The molecule has 3 heterocycles. The lowest BCUT2D eigenvalue weighted by Crippen LogP contribution is -2.50. The molecule has 10 heteroatoms. The summed E-state index contributed by atoms with van der Waals surface area (Å²) < 4.78 is 20.0. The largest absolute Gasteiger partial charge is 0.455 e. The summed E-state index contributed by atoms with van der Waals surface area (Å²) >= 11 is 6.12. The molecule has 3 aromatic rings. The summed E-state index contributed by atoms with van der Waals surface area (Å²) in [6.07, 6.45) is 1.37. The lowest BCUT2D eigenvalue weighted by atomic mass is 10.1. The molecular weight excluding hydrogens is 459 g/mol. The summed E-state index contributed by atoms with van der Waals surface area (Å²) in [6.45, 7) is 6.96. The first-order valence-electron chi connectivity index (χ1n) is 11.0. The zero-order chi connectivity index (χ0) is 23.8. The molecule has 1 amide bonds. The van der Waals surface area contributed by atoms with Gasteiger partial charge in [0.1, 0.15) is 17.1 Å². The Balaban J connectivity index is 1.35. The number of nitrogens with one attached hydrogen (secondary N) is 2. The van der Waals surface area contributed by atoms with Crippen LogP contribution >= 0.6 is 11.6 Å². The van der Waals surface area contributed by atoms with Crippen LogP contribution in [0.2, 0.25) is 5.02 Å². The standard InChI is InChI=1S/C24H24ClFN6O2/c1-14-10-16(6-7-20(14)31-9-8-27-11-15(31)2)29-24-28-12-17-22(30-24)34-13-32(23(17)33)21-18(25)4-3-5-19(21)26/h3-7,10,12,15,27H,8-9,11,13H2,1-2H3,(H,28,29,30)/t15-/m1/s1. The Bertz CT molecular complexity index is 1240. The molecule has 1 saturated heterocycles. The lowest BCUT2D eigenvalue weighted by Gasteiger charge is -2.37. The zero-order valence-electron chi connectivity index (χ0n) is 18.8. The highest BCUT2D eigenvalue weighted by Gasteiger charge is 2.31. The van der Waals surface area contributed by atoms with Crippen LogP contribution in [0.3, 0.4) is 0 Å². The number of hydrogen-bond donors (Lipinski definition) is 2. The van der Waals surface area contributed by atoms with Gasteiger partial charge in [-0.3, -0.25) is 9.69 Å². The van der Waals surface area contributed by atoms with Crippen molar-refractivity contribution in [2.45, 2.75) is 19.9 Å². The smallest absolute Gasteiger partial charge is 0.268 e. The fraction of sp³-hybridized carbons (Fsp3) is 0.292. The van der Waals surface area contributed by atoms with Crippen LogP contribution in [-0.2, 0) is 0 Å². The number of hydrogen-bond acceptors (Lipinski definition) is 7. The van der Waals surface area contributed by atoms with E-state index in [1.165, 1.54) is 30.1 Å². The minimum Gasteiger partial charge on any atom is -0.455 e. The van der Waals surface area contributed by atoms with Gasteiger partial charge in [0.05, 0.1) is 5.02 Å². The molecule has 2 aromatic carbocycles. The summed E-state index contributed by atoms with van der Waals surface area (Å²) in [6, 6.07) is 10.8. The second-order valence-electron chi connectivity index (χ2n) is 8.36. The van der Waals surface area contributed by atoms with E-state index in [2.05, 4.69) is 45.4 Å². The number of halogens is 2. The summed E-state index contributed by atoms with van der Waals surface area (Å²) in [5, 5.41) is 6.70. The number of anilines is 4. The number of rotatable bonds is 4. The monoisotopic (exact) mass is 482 g/mol. The third-order valence-corrected chi connectivity index (χ3v) is 6.34. The number of para-hydroxylation sites is 1. The van der Waals surface area contributed by atoms with Crippen molar-refractivity contribution >= 4 is 40.5 Å². The number of ether oxygens (including phenoxy) is 1. The predicted molar refractivity (Wildman–Crippen MR) is 130 cm³/mol. The van der Waals surface area contributed by atoms with Crippen LogP contribution in [0, 0.1) is 12.7 Å². The van der Waals surface area contributed by atoms with Gasteiger partial charge in [-0.25, -0.2) is 9.37 Å². The SMILES string of the molecule is Cc1cc(Nc2ncc3c(n2)OCN(c2c(F)cccc2Cl)C3=O)ccc1N1CCNC[C@H]1C. The van der Waals surface area contributed by atoms with Gasteiger partial charge in [0.25, 0.3) is 5.91 Å². The number of benzene rings is 2. The van der Waals surface area contributed by atoms with E-state index < -0.39 is 11.7 Å². The van der Waals surface area contributed by atoms with Gasteiger partial charge in [-0.2, -0.15) is 4.98 Å². The Morgan fingerprint density at radius 1 is 1.29 bits per heavy atom. The number of fused-ring (bicyclic) bond motifs is 1. The highest BCUT2D eigenvalue weighted by atomic mass is 35.5. The number of carbonyl (C=O) groups excluding carboxylic acids is 1. The van der Waals surface area contributed by atoms with Gasteiger partial charge in [-0.05, 0) is 49.7 Å². The van der Waals surface area contributed by atoms with E-state index in [-0.39, 0.29) is 28.9 Å². The molecule has 2 aliphatic heterocycles. The molecule has 0 radical (unpaired) electrons. The highest BCUT2D eigenvalue weighted by Crippen LogP contribution is 2.34. The van der Waals surface area contributed by atoms with Gasteiger partial charge in [0, 0.05) is 43.2 Å².